The van der Waals surface area contributed by atoms with E-state index in [1.54, 1.807) is 0 Å². The van der Waals surface area contributed by atoms with Gasteiger partial charge >= 0.3 is 0 Å². The molecule has 2 fully saturated rings. The number of ketones is 1. The first-order valence-corrected chi connectivity index (χ1v) is 9.24. The number of carbonyl (C=O) groups excluding carboxylic acids is 1. The van der Waals surface area contributed by atoms with Gasteiger partial charge in [-0.05, 0) is 50.0 Å². The van der Waals surface area contributed by atoms with Crippen LogP contribution in [0.25, 0.3) is 0 Å². The van der Waals surface area contributed by atoms with Crippen LogP contribution in [-0.2, 0) is 4.79 Å². The lowest BCUT2D eigenvalue weighted by Crippen LogP contribution is -2.44. The van der Waals surface area contributed by atoms with Crippen molar-refractivity contribution in [3.8, 4) is 0 Å². The zero-order valence-corrected chi connectivity index (χ0v) is 14.6. The van der Waals surface area contributed by atoms with Crippen molar-refractivity contribution in [1.29, 1.82) is 0 Å². The van der Waals surface area contributed by atoms with E-state index < -0.39 is 0 Å². The van der Waals surface area contributed by atoms with E-state index in [0.717, 1.165) is 24.9 Å². The molecule has 3 unspecified atom stereocenters. The Morgan fingerprint density at radius 2 is 1.86 bits per heavy atom. The van der Waals surface area contributed by atoms with Crippen LogP contribution in [0.5, 0.6) is 0 Å². The quantitative estimate of drug-likeness (QED) is 0.717. The summed E-state index contributed by atoms with van der Waals surface area (Å²) in [5.41, 5.74) is 0. The fourth-order valence-corrected chi connectivity index (χ4v) is 4.35. The van der Waals surface area contributed by atoms with Crippen molar-refractivity contribution in [3.05, 3.63) is 0 Å². The summed E-state index contributed by atoms with van der Waals surface area (Å²) < 4.78 is 0. The minimum atomic E-state index is 0.300. The molecule has 0 aromatic rings. The van der Waals surface area contributed by atoms with E-state index >= 15 is 0 Å². The molecule has 2 aliphatic rings. The maximum atomic E-state index is 12.5. The molecule has 2 rings (SSSR count). The van der Waals surface area contributed by atoms with Gasteiger partial charge in [0.2, 0.25) is 0 Å². The maximum Gasteiger partial charge on any atom is 0.137 e. The van der Waals surface area contributed by atoms with Gasteiger partial charge < -0.3 is 0 Å². The highest BCUT2D eigenvalue weighted by molar-refractivity contribution is 5.82. The van der Waals surface area contributed by atoms with E-state index in [2.05, 4.69) is 32.6 Å². The summed E-state index contributed by atoms with van der Waals surface area (Å²) in [6, 6.07) is 0.753. The zero-order valence-electron chi connectivity index (χ0n) is 14.6. The smallest absolute Gasteiger partial charge is 0.137 e. The third-order valence-corrected chi connectivity index (χ3v) is 5.69. The average molecular weight is 293 g/mol. The molecule has 21 heavy (non-hydrogen) atoms. The Kier molecular flexibility index (Phi) is 6.28. The van der Waals surface area contributed by atoms with Gasteiger partial charge in [-0.1, -0.05) is 40.5 Å². The zero-order chi connectivity index (χ0) is 15.4. The highest BCUT2D eigenvalue weighted by Gasteiger charge is 2.35. The molecular formula is C19H35NO. The summed E-state index contributed by atoms with van der Waals surface area (Å²) >= 11 is 0. The van der Waals surface area contributed by atoms with E-state index in [9.17, 15) is 4.79 Å². The second-order valence-electron chi connectivity index (χ2n) is 8.21. The molecule has 2 heteroatoms. The van der Waals surface area contributed by atoms with Gasteiger partial charge in [0.25, 0.3) is 0 Å². The summed E-state index contributed by atoms with van der Waals surface area (Å²) in [6.07, 6.45) is 8.79. The van der Waals surface area contributed by atoms with Gasteiger partial charge in [0, 0.05) is 24.9 Å². The molecule has 0 aromatic carbocycles. The van der Waals surface area contributed by atoms with Gasteiger partial charge in [-0.15, -0.1) is 0 Å². The Morgan fingerprint density at radius 1 is 1.19 bits per heavy atom. The number of hydrogen-bond acceptors (Lipinski definition) is 2. The molecule has 3 atom stereocenters. The molecule has 0 spiro atoms. The first-order valence-electron chi connectivity index (χ1n) is 9.24. The van der Waals surface area contributed by atoms with Crippen molar-refractivity contribution in [2.45, 2.75) is 78.7 Å². The van der Waals surface area contributed by atoms with Crippen LogP contribution < -0.4 is 0 Å². The highest BCUT2D eigenvalue weighted by atomic mass is 16.1. The molecule has 0 radical (unpaired) electrons. The van der Waals surface area contributed by atoms with Crippen molar-refractivity contribution >= 4 is 5.78 Å². The van der Waals surface area contributed by atoms with Gasteiger partial charge in [-0.2, -0.15) is 0 Å². The molecule has 0 bridgehead atoms. The van der Waals surface area contributed by atoms with Crippen LogP contribution in [0.3, 0.4) is 0 Å². The standard InChI is InChI=1S/C19H35NO/c1-14(2)9-10-20(17-7-5-6-8-17)13-18-16(4)11-15(3)12-19(18)21/h14-18H,5-13H2,1-4H3. The fourth-order valence-electron chi connectivity index (χ4n) is 4.35. The van der Waals surface area contributed by atoms with E-state index in [1.807, 2.05) is 0 Å². The van der Waals surface area contributed by atoms with Gasteiger partial charge in [-0.25, -0.2) is 0 Å². The first-order chi connectivity index (χ1) is 9.97. The Hall–Kier alpha value is -0.370. The molecule has 0 N–H and O–H groups in total. The molecule has 0 amide bonds. The second-order valence-corrected chi connectivity index (χ2v) is 8.21. The predicted octanol–water partition coefficient (Wildman–Crippen LogP) is 4.53. The number of nitrogens with zero attached hydrogens (tertiary/aromatic N) is 1. The summed E-state index contributed by atoms with van der Waals surface area (Å²) in [5, 5.41) is 0. The Labute approximate surface area is 131 Å². The lowest BCUT2D eigenvalue weighted by molar-refractivity contribution is -0.129. The SMILES string of the molecule is CC(C)CCN(CC1C(=O)CC(C)CC1C)C1CCCC1. The van der Waals surface area contributed by atoms with Crippen molar-refractivity contribution < 1.29 is 4.79 Å². The van der Waals surface area contributed by atoms with Crippen LogP contribution in [0.15, 0.2) is 0 Å². The lowest BCUT2D eigenvalue weighted by Gasteiger charge is -2.38. The highest BCUT2D eigenvalue weighted by Crippen LogP contribution is 2.33. The molecular weight excluding hydrogens is 258 g/mol. The Balaban J connectivity index is 1.97. The molecule has 0 heterocycles. The minimum Gasteiger partial charge on any atom is -0.300 e. The summed E-state index contributed by atoms with van der Waals surface area (Å²) in [4.78, 5) is 15.2. The molecule has 0 aromatic heterocycles. The first kappa shape index (κ1) is 17.0. The third kappa shape index (κ3) is 4.81. The van der Waals surface area contributed by atoms with Crippen molar-refractivity contribution in [2.75, 3.05) is 13.1 Å². The summed E-state index contributed by atoms with van der Waals surface area (Å²) in [5.74, 6) is 2.76. The lowest BCUT2D eigenvalue weighted by atomic mass is 9.74. The Morgan fingerprint density at radius 3 is 2.43 bits per heavy atom. The van der Waals surface area contributed by atoms with Crippen LogP contribution in [0.2, 0.25) is 0 Å². The van der Waals surface area contributed by atoms with E-state index in [4.69, 9.17) is 0 Å². The molecule has 2 saturated carbocycles. The van der Waals surface area contributed by atoms with E-state index in [0.29, 0.717) is 23.5 Å². The van der Waals surface area contributed by atoms with Crippen LogP contribution in [0.1, 0.15) is 72.6 Å². The van der Waals surface area contributed by atoms with E-state index in [1.165, 1.54) is 45.1 Å². The summed E-state index contributed by atoms with van der Waals surface area (Å²) in [6.45, 7) is 11.4. The monoisotopic (exact) mass is 293 g/mol. The number of Topliss-reactive ketones (excluding diaryl/α,β-unsaturated/α-hetero) is 1. The normalized spacial score (nSPS) is 31.5. The molecule has 0 aliphatic heterocycles. The van der Waals surface area contributed by atoms with E-state index in [-0.39, 0.29) is 0 Å². The summed E-state index contributed by atoms with van der Waals surface area (Å²) in [7, 11) is 0. The van der Waals surface area contributed by atoms with Crippen LogP contribution >= 0.6 is 0 Å². The van der Waals surface area contributed by atoms with Crippen LogP contribution in [0.4, 0.5) is 0 Å². The minimum absolute atomic E-state index is 0.300. The van der Waals surface area contributed by atoms with Crippen molar-refractivity contribution in [2.24, 2.45) is 23.7 Å². The molecule has 122 valence electrons. The number of rotatable bonds is 6. The van der Waals surface area contributed by atoms with Gasteiger partial charge in [0.05, 0.1) is 0 Å². The topological polar surface area (TPSA) is 20.3 Å². The Bertz CT molecular complexity index is 332. The van der Waals surface area contributed by atoms with Crippen LogP contribution in [-0.4, -0.2) is 29.8 Å². The predicted molar refractivity (Wildman–Crippen MR) is 89.3 cm³/mol. The number of carbonyl (C=O) groups is 1. The second kappa shape index (κ2) is 7.76. The fraction of sp³-hybridized carbons (Fsp3) is 0.947. The molecule has 2 aliphatic carbocycles. The van der Waals surface area contributed by atoms with Gasteiger partial charge in [-0.3, -0.25) is 9.69 Å². The largest absolute Gasteiger partial charge is 0.300 e. The van der Waals surface area contributed by atoms with Gasteiger partial charge in [0.15, 0.2) is 0 Å². The molecule has 2 nitrogen and oxygen atoms in total. The van der Waals surface area contributed by atoms with Gasteiger partial charge in [0.1, 0.15) is 5.78 Å². The van der Waals surface area contributed by atoms with Crippen LogP contribution in [0, 0.1) is 23.7 Å². The maximum absolute atomic E-state index is 12.5. The number of hydrogen-bond donors (Lipinski definition) is 0. The van der Waals surface area contributed by atoms with Crippen molar-refractivity contribution in [3.63, 3.8) is 0 Å². The average Bonchev–Trinajstić information content (AvgIpc) is 2.90. The molecule has 0 saturated heterocycles. The third-order valence-electron chi connectivity index (χ3n) is 5.69. The van der Waals surface area contributed by atoms with Crippen molar-refractivity contribution in [1.82, 2.24) is 4.90 Å².